The molecule has 0 aliphatic heterocycles. The van der Waals surface area contributed by atoms with Crippen LogP contribution in [0.4, 0.5) is 0 Å². The van der Waals surface area contributed by atoms with Gasteiger partial charge in [-0.3, -0.25) is 4.79 Å². The van der Waals surface area contributed by atoms with E-state index >= 15 is 0 Å². The number of carbonyl (C=O) groups is 1. The van der Waals surface area contributed by atoms with Gasteiger partial charge in [0.1, 0.15) is 0 Å². The molecule has 0 unspecified atom stereocenters. The minimum Gasteiger partial charge on any atom is -0.356 e. The maximum atomic E-state index is 11.8. The number of amides is 1. The largest absolute Gasteiger partial charge is 0.356 e. The Morgan fingerprint density at radius 2 is 2.05 bits per heavy atom. The number of carbonyl (C=O) groups excluding carboxylic acids is 1. The van der Waals surface area contributed by atoms with Crippen LogP contribution in [0.3, 0.4) is 0 Å². The molecule has 0 saturated heterocycles. The van der Waals surface area contributed by atoms with E-state index in [0.717, 1.165) is 23.2 Å². The number of aromatic amines is 1. The minimum absolute atomic E-state index is 0.0567. The molecule has 0 aliphatic carbocycles. The number of imidazole rings is 1. The molecule has 0 aliphatic rings. The third-order valence-electron chi connectivity index (χ3n) is 3.50. The van der Waals surface area contributed by atoms with Crippen LogP contribution in [0.5, 0.6) is 0 Å². The molecule has 1 amide bonds. The molecule has 2 aromatic rings. The van der Waals surface area contributed by atoms with Gasteiger partial charge in [0.2, 0.25) is 5.91 Å². The van der Waals surface area contributed by atoms with Gasteiger partial charge in [0.05, 0.1) is 6.33 Å². The highest BCUT2D eigenvalue weighted by atomic mass is 16.1. The highest BCUT2D eigenvalue weighted by Gasteiger charge is 2.03. The zero-order valence-electron chi connectivity index (χ0n) is 12.6. The molecule has 1 aromatic heterocycles. The molecule has 4 heteroatoms. The van der Waals surface area contributed by atoms with Crippen LogP contribution in [0.2, 0.25) is 0 Å². The fraction of sp³-hybridized carbons (Fsp3) is 0.222. The van der Waals surface area contributed by atoms with E-state index in [4.69, 9.17) is 0 Å². The molecule has 1 aromatic carbocycles. The molecule has 2 rings (SSSR count). The fourth-order valence-corrected chi connectivity index (χ4v) is 2.25. The first-order chi connectivity index (χ1) is 10.7. The van der Waals surface area contributed by atoms with Gasteiger partial charge in [0.15, 0.2) is 0 Å². The van der Waals surface area contributed by atoms with Gasteiger partial charge in [-0.1, -0.05) is 43.5 Å². The van der Waals surface area contributed by atoms with Crippen LogP contribution in [0.25, 0.3) is 12.2 Å². The van der Waals surface area contributed by atoms with Crippen LogP contribution >= 0.6 is 0 Å². The summed E-state index contributed by atoms with van der Waals surface area (Å²) < 4.78 is 0. The lowest BCUT2D eigenvalue weighted by molar-refractivity contribution is -0.121. The Kier molecular flexibility index (Phi) is 5.72. The van der Waals surface area contributed by atoms with Crippen molar-refractivity contribution >= 4 is 18.1 Å². The Bertz CT molecular complexity index is 644. The summed E-state index contributed by atoms with van der Waals surface area (Å²) in [6.45, 7) is 8.23. The van der Waals surface area contributed by atoms with E-state index in [9.17, 15) is 4.79 Å². The maximum absolute atomic E-state index is 11.8. The van der Waals surface area contributed by atoms with Crippen molar-refractivity contribution in [3.63, 3.8) is 0 Å². The Hall–Kier alpha value is -2.62. The Balaban J connectivity index is 1.77. The molecule has 0 saturated carbocycles. The molecule has 4 nitrogen and oxygen atoms in total. The first-order valence-electron chi connectivity index (χ1n) is 7.34. The van der Waals surface area contributed by atoms with Gasteiger partial charge < -0.3 is 10.3 Å². The molecule has 0 spiro atoms. The van der Waals surface area contributed by atoms with Gasteiger partial charge in [-0.05, 0) is 29.5 Å². The quantitative estimate of drug-likeness (QED) is 0.786. The zero-order chi connectivity index (χ0) is 15.8. The average molecular weight is 295 g/mol. The topological polar surface area (TPSA) is 57.8 Å². The van der Waals surface area contributed by atoms with Gasteiger partial charge in [-0.25, -0.2) is 4.98 Å². The van der Waals surface area contributed by atoms with Crippen LogP contribution in [-0.4, -0.2) is 22.4 Å². The summed E-state index contributed by atoms with van der Waals surface area (Å²) in [6.07, 6.45) is 8.95. The lowest BCUT2D eigenvalue weighted by Crippen LogP contribution is -2.25. The van der Waals surface area contributed by atoms with Gasteiger partial charge in [0, 0.05) is 24.9 Å². The molecular weight excluding hydrogens is 274 g/mol. The first kappa shape index (κ1) is 15.8. The molecule has 1 heterocycles. The number of aromatic nitrogens is 2. The van der Waals surface area contributed by atoms with Crippen molar-refractivity contribution in [2.24, 2.45) is 0 Å². The smallest absolute Gasteiger partial charge is 0.220 e. The monoisotopic (exact) mass is 295 g/mol. The van der Waals surface area contributed by atoms with E-state index < -0.39 is 0 Å². The van der Waals surface area contributed by atoms with Gasteiger partial charge in [-0.15, -0.1) is 0 Å². The molecule has 0 atom stereocenters. The molecule has 0 bridgehead atoms. The summed E-state index contributed by atoms with van der Waals surface area (Å²) >= 11 is 0. The summed E-state index contributed by atoms with van der Waals surface area (Å²) in [4.78, 5) is 18.7. The van der Waals surface area contributed by atoms with Crippen molar-refractivity contribution in [3.8, 4) is 0 Å². The molecule has 22 heavy (non-hydrogen) atoms. The van der Waals surface area contributed by atoms with Crippen LogP contribution in [0.1, 0.15) is 28.8 Å². The molecule has 2 N–H and O–H groups in total. The summed E-state index contributed by atoms with van der Waals surface area (Å²) in [6, 6.07) is 6.17. The Morgan fingerprint density at radius 3 is 2.73 bits per heavy atom. The normalized spacial score (nSPS) is 10.2. The standard InChI is InChI=1S/C18H21N3O/c1-3-15-6-5-14(11-16(15)4-2)9-10-20-18(22)8-7-17-12-19-13-21-17/h3-6,11-13H,1-2,7-10H2,(H,19,21)(H,20,22). The zero-order valence-corrected chi connectivity index (χ0v) is 12.6. The van der Waals surface area contributed by atoms with Crippen molar-refractivity contribution < 1.29 is 4.79 Å². The summed E-state index contributed by atoms with van der Waals surface area (Å²) in [5.74, 6) is 0.0567. The van der Waals surface area contributed by atoms with Gasteiger partial charge in [-0.2, -0.15) is 0 Å². The number of benzene rings is 1. The summed E-state index contributed by atoms with van der Waals surface area (Å²) in [5.41, 5.74) is 4.29. The van der Waals surface area contributed by atoms with Crippen LogP contribution in [-0.2, 0) is 17.6 Å². The van der Waals surface area contributed by atoms with Crippen molar-refractivity contribution in [1.82, 2.24) is 15.3 Å². The Morgan fingerprint density at radius 1 is 1.23 bits per heavy atom. The predicted octanol–water partition coefficient (Wildman–Crippen LogP) is 2.99. The molecule has 114 valence electrons. The number of hydrogen-bond donors (Lipinski definition) is 2. The van der Waals surface area contributed by atoms with Crippen molar-refractivity contribution in [2.75, 3.05) is 6.54 Å². The molecule has 0 fully saturated rings. The second-order valence-electron chi connectivity index (χ2n) is 5.05. The molecule has 0 radical (unpaired) electrons. The number of rotatable bonds is 8. The molecular formula is C18H21N3O. The van der Waals surface area contributed by atoms with E-state index in [1.54, 1.807) is 12.5 Å². The summed E-state index contributed by atoms with van der Waals surface area (Å²) in [5, 5.41) is 2.94. The average Bonchev–Trinajstić information content (AvgIpc) is 3.06. The first-order valence-corrected chi connectivity index (χ1v) is 7.34. The highest BCUT2D eigenvalue weighted by molar-refractivity contribution is 5.76. The van der Waals surface area contributed by atoms with E-state index in [1.165, 1.54) is 5.56 Å². The number of nitrogens with one attached hydrogen (secondary N) is 2. The van der Waals surface area contributed by atoms with Crippen LogP contribution in [0, 0.1) is 0 Å². The Labute approximate surface area is 131 Å². The van der Waals surface area contributed by atoms with Crippen molar-refractivity contribution in [3.05, 3.63) is 66.3 Å². The third-order valence-corrected chi connectivity index (χ3v) is 3.50. The maximum Gasteiger partial charge on any atom is 0.220 e. The van der Waals surface area contributed by atoms with E-state index in [0.29, 0.717) is 19.4 Å². The van der Waals surface area contributed by atoms with Crippen molar-refractivity contribution in [1.29, 1.82) is 0 Å². The SMILES string of the molecule is C=Cc1ccc(CCNC(=O)CCc2cnc[nH]2)cc1C=C. The number of nitrogens with zero attached hydrogens (tertiary/aromatic N) is 1. The lowest BCUT2D eigenvalue weighted by atomic mass is 10.0. The van der Waals surface area contributed by atoms with Gasteiger partial charge >= 0.3 is 0 Å². The second kappa shape index (κ2) is 7.98. The third kappa shape index (κ3) is 4.45. The van der Waals surface area contributed by atoms with Crippen LogP contribution in [0.15, 0.2) is 43.9 Å². The number of aryl methyl sites for hydroxylation is 1. The van der Waals surface area contributed by atoms with Gasteiger partial charge in [0.25, 0.3) is 0 Å². The van der Waals surface area contributed by atoms with E-state index in [2.05, 4.69) is 40.6 Å². The summed E-state index contributed by atoms with van der Waals surface area (Å²) in [7, 11) is 0. The fourth-order valence-electron chi connectivity index (χ4n) is 2.25. The lowest BCUT2D eigenvalue weighted by Gasteiger charge is -2.07. The van der Waals surface area contributed by atoms with Crippen molar-refractivity contribution in [2.45, 2.75) is 19.3 Å². The highest BCUT2D eigenvalue weighted by Crippen LogP contribution is 2.15. The van der Waals surface area contributed by atoms with E-state index in [-0.39, 0.29) is 5.91 Å². The minimum atomic E-state index is 0.0567. The number of hydrogen-bond acceptors (Lipinski definition) is 2. The second-order valence-corrected chi connectivity index (χ2v) is 5.05. The number of H-pyrrole nitrogens is 1. The predicted molar refractivity (Wildman–Crippen MR) is 90.2 cm³/mol. The van der Waals surface area contributed by atoms with Crippen LogP contribution < -0.4 is 5.32 Å². The van der Waals surface area contributed by atoms with E-state index in [1.807, 2.05) is 18.2 Å².